The van der Waals surface area contributed by atoms with Crippen LogP contribution >= 0.6 is 0 Å². The first-order chi connectivity index (χ1) is 32.1. The fourth-order valence-electron chi connectivity index (χ4n) is 9.72. The number of rotatable bonds is 12. The topological polar surface area (TPSA) is 57.4 Å². The summed E-state index contributed by atoms with van der Waals surface area (Å²) in [6.07, 6.45) is 8.76. The van der Waals surface area contributed by atoms with E-state index in [-0.39, 0.29) is 67.9 Å². The lowest BCUT2D eigenvalue weighted by molar-refractivity contribution is -0.884. The van der Waals surface area contributed by atoms with Crippen molar-refractivity contribution in [3.05, 3.63) is 166 Å². The van der Waals surface area contributed by atoms with E-state index >= 15 is 0 Å². The highest BCUT2D eigenvalue weighted by atomic mass is 79.9. The number of aromatic nitrogens is 4. The minimum absolute atomic E-state index is 0. The molecule has 5 heterocycles. The SMILES string of the molecule is C[N+](C)(C)Cc1ccc(-c2c3nc(c(-c4ccc(C[N+](C)(C)C)cc4)c4ccc([nH]4)c(-c4ccc(C[N+](C)(C)C)cc4)c4nc(c(-c5ccc(C[N+](C)(C)C)cc5)c5ccc2[nH]5)C=C4)C=C3)cc1.[Br-].[Br-].[Br-].[Br-]. The Kier molecular flexibility index (Phi) is 18.4. The molecule has 2 aliphatic rings. The van der Waals surface area contributed by atoms with Crippen molar-refractivity contribution in [2.24, 2.45) is 0 Å². The lowest BCUT2D eigenvalue weighted by atomic mass is 10.0. The molecule has 72 heavy (non-hydrogen) atoms. The second-order valence-electron chi connectivity index (χ2n) is 23.1. The molecule has 0 radical (unpaired) electrons. The van der Waals surface area contributed by atoms with Crippen LogP contribution in [-0.4, -0.2) is 122 Å². The van der Waals surface area contributed by atoms with Crippen LogP contribution in [0.5, 0.6) is 0 Å². The minimum atomic E-state index is 0. The van der Waals surface area contributed by atoms with Gasteiger partial charge in [-0.15, -0.1) is 0 Å². The largest absolute Gasteiger partial charge is 1.00 e. The van der Waals surface area contributed by atoms with Gasteiger partial charge >= 0.3 is 0 Å². The Labute approximate surface area is 470 Å². The van der Waals surface area contributed by atoms with Crippen LogP contribution in [-0.2, 0) is 26.2 Å². The zero-order valence-corrected chi connectivity index (χ0v) is 50.2. The Morgan fingerprint density at radius 1 is 0.278 bits per heavy atom. The zero-order chi connectivity index (χ0) is 48.2. The molecular weight excluding hydrogens is 1150 g/mol. The number of benzene rings is 4. The number of hydrogen-bond acceptors (Lipinski definition) is 2. The molecule has 0 spiro atoms. The highest BCUT2D eigenvalue weighted by Crippen LogP contribution is 2.39. The molecule has 378 valence electrons. The Morgan fingerprint density at radius 3 is 0.625 bits per heavy atom. The fraction of sp³-hybridized carbons (Fsp3) is 0.267. The second-order valence-corrected chi connectivity index (χ2v) is 23.1. The van der Waals surface area contributed by atoms with Crippen LogP contribution in [0, 0.1) is 0 Å². The third kappa shape index (κ3) is 13.9. The first-order valence-electron chi connectivity index (χ1n) is 23.9. The summed E-state index contributed by atoms with van der Waals surface area (Å²) in [5.74, 6) is 0. The van der Waals surface area contributed by atoms with E-state index in [1.54, 1.807) is 0 Å². The van der Waals surface area contributed by atoms with Crippen molar-refractivity contribution in [2.75, 3.05) is 84.6 Å². The number of halogens is 4. The van der Waals surface area contributed by atoms with Crippen LogP contribution in [0.4, 0.5) is 0 Å². The van der Waals surface area contributed by atoms with Crippen LogP contribution in [0.2, 0.25) is 0 Å². The van der Waals surface area contributed by atoms with Crippen molar-refractivity contribution < 1.29 is 85.9 Å². The summed E-state index contributed by atoms with van der Waals surface area (Å²) >= 11 is 0. The molecular formula is C60H70Br4N8. The molecule has 0 unspecified atom stereocenters. The monoisotopic (exact) mass is 1220 g/mol. The molecule has 0 fully saturated rings. The van der Waals surface area contributed by atoms with Crippen molar-refractivity contribution in [3.8, 4) is 44.5 Å². The molecule has 0 saturated heterocycles. The number of fused-ring (bicyclic) bond motifs is 8. The molecule has 0 saturated carbocycles. The van der Waals surface area contributed by atoms with E-state index in [1.807, 2.05) is 0 Å². The molecule has 7 aromatic rings. The zero-order valence-electron chi connectivity index (χ0n) is 43.9. The van der Waals surface area contributed by atoms with E-state index in [1.165, 1.54) is 22.3 Å². The Morgan fingerprint density at radius 2 is 0.458 bits per heavy atom. The van der Waals surface area contributed by atoms with Gasteiger partial charge in [0.2, 0.25) is 0 Å². The maximum absolute atomic E-state index is 5.58. The van der Waals surface area contributed by atoms with Crippen molar-refractivity contribution in [1.29, 1.82) is 0 Å². The predicted molar refractivity (Wildman–Crippen MR) is 288 cm³/mol. The highest BCUT2D eigenvalue weighted by Gasteiger charge is 2.21. The van der Waals surface area contributed by atoms with Gasteiger partial charge in [0.25, 0.3) is 0 Å². The second kappa shape index (κ2) is 22.8. The predicted octanol–water partition coefficient (Wildman–Crippen LogP) is 0.164. The van der Waals surface area contributed by atoms with Gasteiger partial charge in [-0.1, -0.05) is 97.1 Å². The average molecular weight is 1220 g/mol. The summed E-state index contributed by atoms with van der Waals surface area (Å²) in [4.78, 5) is 19.1. The molecule has 3 aromatic heterocycles. The molecule has 0 amide bonds. The Hall–Kier alpha value is -4.76. The highest BCUT2D eigenvalue weighted by molar-refractivity contribution is 5.99. The van der Waals surface area contributed by atoms with E-state index in [0.29, 0.717) is 0 Å². The third-order valence-corrected chi connectivity index (χ3v) is 12.4. The summed E-state index contributed by atoms with van der Waals surface area (Å²) in [6.45, 7) is 3.75. The number of hydrogen-bond donors (Lipinski definition) is 2. The first-order valence-corrected chi connectivity index (χ1v) is 23.9. The van der Waals surface area contributed by atoms with Crippen LogP contribution in [0.3, 0.4) is 0 Å². The Balaban J connectivity index is 0.00000241. The van der Waals surface area contributed by atoms with E-state index in [0.717, 1.165) is 133 Å². The quantitative estimate of drug-likeness (QED) is 0.172. The molecule has 12 heteroatoms. The van der Waals surface area contributed by atoms with Gasteiger partial charge in [0.15, 0.2) is 0 Å². The standard InChI is InChI=1S/C60H70N8.4BrH/c1-65(2,3)37-41-13-21-45(22-14-41)57-49-29-31-51(61-49)58(46-23-15-42(16-24-46)38-66(4,5)6)53-33-35-55(63-53)60(48-27-19-44(20-28-48)40-68(10,11)12)56-36-34-54(64-56)59(52-32-30-50(57)62-52)47-25-17-43(18-26-47)39-67(7,8)9;;;;/h13-36,61,64H,37-40H2,1-12H3;4*1H/q+4;;;;/p-4. The van der Waals surface area contributed by atoms with Crippen molar-refractivity contribution in [1.82, 2.24) is 19.9 Å². The first kappa shape index (κ1) is 58.1. The lowest BCUT2D eigenvalue weighted by Gasteiger charge is -2.24. The van der Waals surface area contributed by atoms with Crippen LogP contribution in [0.15, 0.2) is 121 Å². The average Bonchev–Trinajstić information content (AvgIpc) is 4.09. The van der Waals surface area contributed by atoms with Gasteiger partial charge in [0.05, 0.1) is 107 Å². The number of H-pyrrole nitrogens is 2. The van der Waals surface area contributed by atoms with Crippen LogP contribution in [0.25, 0.3) is 90.9 Å². The number of aromatic amines is 2. The normalized spacial score (nSPS) is 12.4. The summed E-state index contributed by atoms with van der Waals surface area (Å²) in [5.41, 5.74) is 21.4. The minimum Gasteiger partial charge on any atom is -1.00 e. The van der Waals surface area contributed by atoms with E-state index < -0.39 is 0 Å². The Bertz CT molecular complexity index is 2800. The number of nitrogens with zero attached hydrogens (tertiary/aromatic N) is 6. The smallest absolute Gasteiger partial charge is 0.104 e. The molecule has 8 bridgehead atoms. The molecule has 4 aromatic carbocycles. The van der Waals surface area contributed by atoms with Crippen LogP contribution in [0.1, 0.15) is 45.0 Å². The van der Waals surface area contributed by atoms with Gasteiger partial charge in [-0.3, -0.25) is 0 Å². The van der Waals surface area contributed by atoms with Gasteiger partial charge < -0.3 is 95.8 Å². The summed E-state index contributed by atoms with van der Waals surface area (Å²) in [6, 6.07) is 45.1. The molecule has 8 nitrogen and oxygen atoms in total. The molecule has 2 aliphatic heterocycles. The molecule has 0 aliphatic carbocycles. The van der Waals surface area contributed by atoms with Crippen molar-refractivity contribution in [2.45, 2.75) is 26.2 Å². The number of nitrogens with one attached hydrogen (secondary N) is 2. The summed E-state index contributed by atoms with van der Waals surface area (Å²) < 4.78 is 3.42. The fourth-order valence-corrected chi connectivity index (χ4v) is 9.72. The lowest BCUT2D eigenvalue weighted by Crippen LogP contribution is -3.00. The van der Waals surface area contributed by atoms with Gasteiger partial charge in [-0.05, 0) is 70.8 Å². The summed E-state index contributed by atoms with van der Waals surface area (Å²) in [5, 5.41) is 0. The van der Waals surface area contributed by atoms with Gasteiger partial charge in [0, 0.05) is 66.6 Å². The van der Waals surface area contributed by atoms with Gasteiger partial charge in [-0.2, -0.15) is 0 Å². The third-order valence-electron chi connectivity index (χ3n) is 12.4. The molecule has 9 rings (SSSR count). The molecule has 2 N–H and O–H groups in total. The van der Waals surface area contributed by atoms with Crippen LogP contribution < -0.4 is 67.9 Å². The van der Waals surface area contributed by atoms with Gasteiger partial charge in [-0.25, -0.2) is 9.97 Å². The van der Waals surface area contributed by atoms with E-state index in [2.05, 4.69) is 240 Å². The van der Waals surface area contributed by atoms with Gasteiger partial charge in [0.1, 0.15) is 26.2 Å². The van der Waals surface area contributed by atoms with E-state index in [9.17, 15) is 0 Å². The molecule has 0 atom stereocenters. The van der Waals surface area contributed by atoms with Crippen molar-refractivity contribution in [3.63, 3.8) is 0 Å². The summed E-state index contributed by atoms with van der Waals surface area (Å²) in [7, 11) is 26.8. The maximum atomic E-state index is 5.58. The van der Waals surface area contributed by atoms with E-state index in [4.69, 9.17) is 9.97 Å². The van der Waals surface area contributed by atoms with Crippen molar-refractivity contribution >= 4 is 46.4 Å². The number of quaternary nitrogens is 4. The maximum Gasteiger partial charge on any atom is 0.104 e.